The standard InChI is InChI=1S/C26H46OS2/c1-6-8-10-12-14-16-18-28-22-20-23(26(3,4)5)25(27)24(21-22)29-19-17-15-13-11-9-7-2/h20-21,27H,6-19H2,1-5H3. The molecular formula is C26H46OS2. The molecule has 0 atom stereocenters. The summed E-state index contributed by atoms with van der Waals surface area (Å²) in [7, 11) is 0. The van der Waals surface area contributed by atoms with Crippen molar-refractivity contribution in [3.05, 3.63) is 17.7 Å². The van der Waals surface area contributed by atoms with Crippen LogP contribution < -0.4 is 0 Å². The van der Waals surface area contributed by atoms with Crippen LogP contribution >= 0.6 is 23.5 Å². The SMILES string of the molecule is CCCCCCCCSc1cc(SCCCCCCCC)c(O)c(C(C)(C)C)c1. The molecule has 0 saturated carbocycles. The summed E-state index contributed by atoms with van der Waals surface area (Å²) in [5.41, 5.74) is 1.06. The first-order chi connectivity index (χ1) is 13.9. The first kappa shape index (κ1) is 26.8. The van der Waals surface area contributed by atoms with E-state index in [2.05, 4.69) is 46.8 Å². The molecule has 0 radical (unpaired) electrons. The molecular weight excluding hydrogens is 392 g/mol. The highest BCUT2D eigenvalue weighted by atomic mass is 32.2. The maximum absolute atomic E-state index is 10.9. The van der Waals surface area contributed by atoms with Gasteiger partial charge in [0.05, 0.1) is 4.90 Å². The predicted molar refractivity (Wildman–Crippen MR) is 135 cm³/mol. The van der Waals surface area contributed by atoms with Crippen molar-refractivity contribution in [1.29, 1.82) is 0 Å². The summed E-state index contributed by atoms with van der Waals surface area (Å²) in [6, 6.07) is 4.46. The normalized spacial score (nSPS) is 11.9. The summed E-state index contributed by atoms with van der Waals surface area (Å²) in [5.74, 6) is 2.80. The fourth-order valence-corrected chi connectivity index (χ4v) is 5.57. The van der Waals surface area contributed by atoms with Gasteiger partial charge in [0.2, 0.25) is 0 Å². The van der Waals surface area contributed by atoms with E-state index in [9.17, 15) is 5.11 Å². The molecule has 0 saturated heterocycles. The molecule has 0 aliphatic heterocycles. The van der Waals surface area contributed by atoms with E-state index in [1.807, 2.05) is 23.5 Å². The third-order valence-corrected chi connectivity index (χ3v) is 7.56. The van der Waals surface area contributed by atoms with Crippen molar-refractivity contribution in [1.82, 2.24) is 0 Å². The van der Waals surface area contributed by atoms with E-state index in [1.54, 1.807) is 0 Å². The lowest BCUT2D eigenvalue weighted by molar-refractivity contribution is 0.433. The van der Waals surface area contributed by atoms with E-state index in [1.165, 1.54) is 87.7 Å². The number of hydrogen-bond acceptors (Lipinski definition) is 3. The first-order valence-corrected chi connectivity index (χ1v) is 14.0. The van der Waals surface area contributed by atoms with Gasteiger partial charge in [0.15, 0.2) is 0 Å². The number of phenols is 1. The third kappa shape index (κ3) is 11.6. The van der Waals surface area contributed by atoms with Crippen molar-refractivity contribution in [2.24, 2.45) is 0 Å². The van der Waals surface area contributed by atoms with Crippen LogP contribution in [0.2, 0.25) is 0 Å². The lowest BCUT2D eigenvalue weighted by Crippen LogP contribution is -2.12. The van der Waals surface area contributed by atoms with Crippen LogP contribution in [0.3, 0.4) is 0 Å². The van der Waals surface area contributed by atoms with Crippen LogP contribution in [0, 0.1) is 0 Å². The van der Waals surface area contributed by atoms with Crippen LogP contribution in [0.15, 0.2) is 21.9 Å². The van der Waals surface area contributed by atoms with Crippen molar-refractivity contribution in [3.63, 3.8) is 0 Å². The number of hydrogen-bond donors (Lipinski definition) is 1. The molecule has 0 aliphatic carbocycles. The van der Waals surface area contributed by atoms with Crippen LogP contribution in [0.1, 0.15) is 117 Å². The minimum atomic E-state index is -0.0315. The molecule has 168 valence electrons. The van der Waals surface area contributed by atoms with Gasteiger partial charge in [0.1, 0.15) is 5.75 Å². The van der Waals surface area contributed by atoms with Gasteiger partial charge < -0.3 is 5.11 Å². The second kappa shape index (κ2) is 15.5. The molecule has 0 amide bonds. The van der Waals surface area contributed by atoms with Gasteiger partial charge in [-0.1, -0.05) is 98.8 Å². The van der Waals surface area contributed by atoms with Gasteiger partial charge in [-0.15, -0.1) is 23.5 Å². The quantitative estimate of drug-likeness (QED) is 0.205. The molecule has 3 heteroatoms. The first-order valence-electron chi connectivity index (χ1n) is 12.0. The van der Waals surface area contributed by atoms with Gasteiger partial charge >= 0.3 is 0 Å². The monoisotopic (exact) mass is 438 g/mol. The third-order valence-electron chi connectivity index (χ3n) is 5.38. The lowest BCUT2D eigenvalue weighted by atomic mass is 9.86. The van der Waals surface area contributed by atoms with Crippen LogP contribution in [-0.4, -0.2) is 16.6 Å². The molecule has 0 aliphatic rings. The fourth-order valence-electron chi connectivity index (χ4n) is 3.48. The van der Waals surface area contributed by atoms with Crippen LogP contribution in [0.5, 0.6) is 5.75 Å². The Hall–Kier alpha value is -0.280. The van der Waals surface area contributed by atoms with Crippen molar-refractivity contribution in [3.8, 4) is 5.75 Å². The number of thioether (sulfide) groups is 2. The van der Waals surface area contributed by atoms with E-state index >= 15 is 0 Å². The highest BCUT2D eigenvalue weighted by Gasteiger charge is 2.21. The van der Waals surface area contributed by atoms with Crippen LogP contribution in [-0.2, 0) is 5.41 Å². The molecule has 0 heterocycles. The number of aromatic hydroxyl groups is 1. The Bertz CT molecular complexity index is 548. The second-order valence-corrected chi connectivity index (χ2v) is 11.6. The molecule has 0 fully saturated rings. The highest BCUT2D eigenvalue weighted by Crippen LogP contribution is 2.41. The number of benzene rings is 1. The zero-order chi connectivity index (χ0) is 21.5. The van der Waals surface area contributed by atoms with E-state index in [4.69, 9.17) is 0 Å². The van der Waals surface area contributed by atoms with E-state index < -0.39 is 0 Å². The van der Waals surface area contributed by atoms with E-state index in [0.717, 1.165) is 16.2 Å². The van der Waals surface area contributed by atoms with Gasteiger partial charge in [-0.05, 0) is 41.9 Å². The van der Waals surface area contributed by atoms with Crippen molar-refractivity contribution >= 4 is 23.5 Å². The Labute approximate surface area is 190 Å². The Morgan fingerprint density at radius 3 is 1.69 bits per heavy atom. The summed E-state index contributed by atoms with van der Waals surface area (Å²) in [6.07, 6.45) is 16.0. The Morgan fingerprint density at radius 1 is 0.690 bits per heavy atom. The zero-order valence-corrected chi connectivity index (χ0v) is 21.5. The van der Waals surface area contributed by atoms with E-state index in [0.29, 0.717) is 5.75 Å². The highest BCUT2D eigenvalue weighted by molar-refractivity contribution is 8.00. The molecule has 0 bridgehead atoms. The minimum absolute atomic E-state index is 0.0315. The summed E-state index contributed by atoms with van der Waals surface area (Å²) in [4.78, 5) is 2.41. The summed E-state index contributed by atoms with van der Waals surface area (Å²) >= 11 is 3.81. The average molecular weight is 439 g/mol. The number of phenolic OH excluding ortho intramolecular Hbond substituents is 1. The predicted octanol–water partition coefficient (Wildman–Crippen LogP) is 9.59. The van der Waals surface area contributed by atoms with Gasteiger partial charge in [-0.2, -0.15) is 0 Å². The maximum Gasteiger partial charge on any atom is 0.132 e. The smallest absolute Gasteiger partial charge is 0.132 e. The Kier molecular flexibility index (Phi) is 14.3. The molecule has 1 N–H and O–H groups in total. The van der Waals surface area contributed by atoms with Crippen LogP contribution in [0.25, 0.3) is 0 Å². The van der Waals surface area contributed by atoms with Gasteiger partial charge in [0, 0.05) is 10.5 Å². The van der Waals surface area contributed by atoms with Crippen molar-refractivity contribution in [2.45, 2.75) is 127 Å². The summed E-state index contributed by atoms with van der Waals surface area (Å²) < 4.78 is 0. The topological polar surface area (TPSA) is 20.2 Å². The number of rotatable bonds is 16. The molecule has 1 aromatic rings. The Morgan fingerprint density at radius 2 is 1.17 bits per heavy atom. The fraction of sp³-hybridized carbons (Fsp3) is 0.769. The molecule has 1 nitrogen and oxygen atoms in total. The number of unbranched alkanes of at least 4 members (excludes halogenated alkanes) is 10. The molecule has 0 unspecified atom stereocenters. The van der Waals surface area contributed by atoms with Crippen molar-refractivity contribution in [2.75, 3.05) is 11.5 Å². The summed E-state index contributed by atoms with van der Waals surface area (Å²) in [5, 5.41) is 10.9. The van der Waals surface area contributed by atoms with Gasteiger partial charge in [0.25, 0.3) is 0 Å². The average Bonchev–Trinajstić information content (AvgIpc) is 2.67. The molecule has 29 heavy (non-hydrogen) atoms. The van der Waals surface area contributed by atoms with Gasteiger partial charge in [-0.25, -0.2) is 0 Å². The van der Waals surface area contributed by atoms with Crippen molar-refractivity contribution < 1.29 is 5.11 Å². The van der Waals surface area contributed by atoms with Crippen LogP contribution in [0.4, 0.5) is 0 Å². The van der Waals surface area contributed by atoms with E-state index in [-0.39, 0.29) is 5.41 Å². The minimum Gasteiger partial charge on any atom is -0.506 e. The summed E-state index contributed by atoms with van der Waals surface area (Å²) in [6.45, 7) is 11.1. The zero-order valence-electron chi connectivity index (χ0n) is 19.8. The molecule has 0 spiro atoms. The largest absolute Gasteiger partial charge is 0.506 e. The van der Waals surface area contributed by atoms with Gasteiger partial charge in [-0.3, -0.25) is 0 Å². The molecule has 0 aromatic heterocycles. The Balaban J connectivity index is 2.59. The lowest BCUT2D eigenvalue weighted by Gasteiger charge is -2.23. The molecule has 1 rings (SSSR count). The maximum atomic E-state index is 10.9. The molecule has 1 aromatic carbocycles. The second-order valence-electron chi connectivity index (χ2n) is 9.30.